The van der Waals surface area contributed by atoms with Gasteiger partial charge in [0, 0.05) is 23.0 Å². The molecule has 0 atom stereocenters. The predicted octanol–water partition coefficient (Wildman–Crippen LogP) is 4.49. The van der Waals surface area contributed by atoms with E-state index < -0.39 is 38.9 Å². The number of hydrazone groups is 1. The summed E-state index contributed by atoms with van der Waals surface area (Å²) in [6.07, 6.45) is 1.36. The zero-order chi connectivity index (χ0) is 28.2. The first-order valence-corrected chi connectivity index (χ1v) is 13.1. The van der Waals surface area contributed by atoms with Crippen LogP contribution in [0.5, 0.6) is 0 Å². The van der Waals surface area contributed by atoms with E-state index >= 15 is 0 Å². The summed E-state index contributed by atoms with van der Waals surface area (Å²) in [6, 6.07) is 20.6. The van der Waals surface area contributed by atoms with Crippen molar-refractivity contribution in [3.63, 3.8) is 0 Å². The highest BCUT2D eigenvalue weighted by atomic mass is 32.2. The van der Waals surface area contributed by atoms with Crippen molar-refractivity contribution in [1.82, 2.24) is 9.99 Å². The third-order valence-electron chi connectivity index (χ3n) is 5.92. The van der Waals surface area contributed by atoms with E-state index in [-0.39, 0.29) is 10.6 Å². The summed E-state index contributed by atoms with van der Waals surface area (Å²) in [5, 5.41) is 15.6. The average molecular weight is 550 g/mol. The first-order valence-electron chi connectivity index (χ1n) is 11.7. The Morgan fingerprint density at radius 2 is 1.69 bits per heavy atom. The summed E-state index contributed by atoms with van der Waals surface area (Å²) in [5.41, 5.74) is 3.91. The van der Waals surface area contributed by atoms with Crippen LogP contribution in [0.2, 0.25) is 0 Å². The van der Waals surface area contributed by atoms with Gasteiger partial charge in [-0.05, 0) is 50.2 Å². The van der Waals surface area contributed by atoms with Crippen molar-refractivity contribution in [3.8, 4) is 5.69 Å². The molecule has 0 spiro atoms. The third kappa shape index (κ3) is 5.70. The Morgan fingerprint density at radius 3 is 2.38 bits per heavy atom. The molecule has 0 aliphatic carbocycles. The van der Waals surface area contributed by atoms with Crippen molar-refractivity contribution in [1.29, 1.82) is 0 Å². The largest absolute Gasteiger partial charge is 0.315 e. The van der Waals surface area contributed by atoms with Gasteiger partial charge in [0.25, 0.3) is 21.6 Å². The minimum Gasteiger partial charge on any atom is -0.315 e. The molecular weight excluding hydrogens is 525 g/mol. The number of aromatic nitrogens is 1. The van der Waals surface area contributed by atoms with Gasteiger partial charge < -0.3 is 4.57 Å². The SMILES string of the molecule is Cc1cc(/C=N/NC(=O)CN(c2ccccc2[N+](=O)[O-])S(=O)(=O)c2ccccc2)c(C)n1-c1ccccc1F. The summed E-state index contributed by atoms with van der Waals surface area (Å²) in [4.78, 5) is 23.6. The molecule has 10 nitrogen and oxygen atoms in total. The molecule has 0 fully saturated rings. The van der Waals surface area contributed by atoms with Gasteiger partial charge in [0.2, 0.25) is 0 Å². The number of hydrogen-bond donors (Lipinski definition) is 1. The third-order valence-corrected chi connectivity index (χ3v) is 7.70. The van der Waals surface area contributed by atoms with Crippen LogP contribution in [0.4, 0.5) is 15.8 Å². The van der Waals surface area contributed by atoms with Gasteiger partial charge in [-0.15, -0.1) is 0 Å². The fourth-order valence-corrected chi connectivity index (χ4v) is 5.57. The maximum atomic E-state index is 14.4. The number of para-hydroxylation sites is 3. The molecule has 1 aromatic heterocycles. The summed E-state index contributed by atoms with van der Waals surface area (Å²) in [7, 11) is -4.35. The number of nitrogens with one attached hydrogen (secondary N) is 1. The van der Waals surface area contributed by atoms with E-state index in [2.05, 4.69) is 10.5 Å². The smallest absolute Gasteiger partial charge is 0.293 e. The number of nitrogens with zero attached hydrogens (tertiary/aromatic N) is 4. The zero-order valence-corrected chi connectivity index (χ0v) is 21.8. The van der Waals surface area contributed by atoms with Gasteiger partial charge in [0.15, 0.2) is 0 Å². The summed E-state index contributed by atoms with van der Waals surface area (Å²) < 4.78 is 43.6. The van der Waals surface area contributed by atoms with Gasteiger partial charge in [-0.3, -0.25) is 14.9 Å². The molecule has 1 N–H and O–H groups in total. The van der Waals surface area contributed by atoms with Crippen LogP contribution in [0.1, 0.15) is 17.0 Å². The lowest BCUT2D eigenvalue weighted by molar-refractivity contribution is -0.384. The number of nitro benzene ring substituents is 1. The van der Waals surface area contributed by atoms with Crippen molar-refractivity contribution in [2.24, 2.45) is 5.10 Å². The molecule has 0 aliphatic rings. The molecule has 0 unspecified atom stereocenters. The molecule has 200 valence electrons. The number of nitro groups is 1. The Hall–Kier alpha value is -4.84. The van der Waals surface area contributed by atoms with Crippen LogP contribution in [0.25, 0.3) is 5.69 Å². The van der Waals surface area contributed by atoms with E-state index in [1.165, 1.54) is 54.7 Å². The highest BCUT2D eigenvalue weighted by molar-refractivity contribution is 7.92. The Balaban J connectivity index is 1.60. The first-order chi connectivity index (χ1) is 18.6. The van der Waals surface area contributed by atoms with E-state index in [9.17, 15) is 27.7 Å². The normalized spacial score (nSPS) is 11.5. The fourth-order valence-electron chi connectivity index (χ4n) is 4.11. The molecule has 1 amide bonds. The van der Waals surface area contributed by atoms with Crippen molar-refractivity contribution in [2.75, 3.05) is 10.8 Å². The Kier molecular flexibility index (Phi) is 7.86. The maximum Gasteiger partial charge on any atom is 0.293 e. The number of amides is 1. The standard InChI is InChI=1S/C27H24FN5O5S/c1-19-16-21(20(2)32(19)24-13-7-6-12-23(24)28)17-29-30-27(34)18-31(25-14-8-9-15-26(25)33(35)36)39(37,38)22-10-4-3-5-11-22/h3-17H,18H2,1-2H3,(H,30,34)/b29-17+. The van der Waals surface area contributed by atoms with Crippen molar-refractivity contribution in [2.45, 2.75) is 18.7 Å². The number of carbonyl (C=O) groups excluding carboxylic acids is 1. The monoisotopic (exact) mass is 549 g/mol. The molecule has 0 aliphatic heterocycles. The van der Waals surface area contributed by atoms with E-state index in [0.717, 1.165) is 11.8 Å². The van der Waals surface area contributed by atoms with Crippen LogP contribution in [0, 0.1) is 29.8 Å². The average Bonchev–Trinajstić information content (AvgIpc) is 3.20. The molecular formula is C27H24FN5O5S. The van der Waals surface area contributed by atoms with Crippen LogP contribution >= 0.6 is 0 Å². The minimum atomic E-state index is -4.35. The molecule has 0 saturated carbocycles. The molecule has 4 rings (SSSR count). The van der Waals surface area contributed by atoms with Crippen LogP contribution in [0.15, 0.2) is 94.9 Å². The Bertz CT molecular complexity index is 1670. The summed E-state index contributed by atoms with van der Waals surface area (Å²) >= 11 is 0. The van der Waals surface area contributed by atoms with Crippen molar-refractivity contribution >= 4 is 33.5 Å². The van der Waals surface area contributed by atoms with Crippen LogP contribution < -0.4 is 9.73 Å². The lowest BCUT2D eigenvalue weighted by atomic mass is 10.2. The van der Waals surface area contributed by atoms with Gasteiger partial charge in [0.1, 0.15) is 18.0 Å². The topological polar surface area (TPSA) is 127 Å². The first kappa shape index (κ1) is 27.2. The van der Waals surface area contributed by atoms with Crippen LogP contribution in [0.3, 0.4) is 0 Å². The van der Waals surface area contributed by atoms with Crippen LogP contribution in [-0.4, -0.2) is 36.6 Å². The van der Waals surface area contributed by atoms with Gasteiger partial charge in [-0.2, -0.15) is 5.10 Å². The molecule has 1 heterocycles. The fraction of sp³-hybridized carbons (Fsp3) is 0.111. The number of carbonyl (C=O) groups is 1. The highest BCUT2D eigenvalue weighted by Gasteiger charge is 2.31. The van der Waals surface area contributed by atoms with Crippen molar-refractivity contribution < 1.29 is 22.5 Å². The van der Waals surface area contributed by atoms with E-state index in [4.69, 9.17) is 0 Å². The number of aryl methyl sites for hydroxylation is 1. The number of benzene rings is 3. The lowest BCUT2D eigenvalue weighted by Crippen LogP contribution is -2.39. The number of halogens is 1. The second-order valence-corrected chi connectivity index (χ2v) is 10.3. The van der Waals surface area contributed by atoms with E-state index in [0.29, 0.717) is 21.2 Å². The second kappa shape index (κ2) is 11.3. The second-order valence-electron chi connectivity index (χ2n) is 8.48. The quantitative estimate of drug-likeness (QED) is 0.187. The molecule has 12 heteroatoms. The van der Waals surface area contributed by atoms with Gasteiger partial charge in [-0.25, -0.2) is 22.5 Å². The zero-order valence-electron chi connectivity index (χ0n) is 21.0. The molecule has 39 heavy (non-hydrogen) atoms. The van der Waals surface area contributed by atoms with Gasteiger partial charge in [-0.1, -0.05) is 42.5 Å². The van der Waals surface area contributed by atoms with Crippen LogP contribution in [-0.2, 0) is 14.8 Å². The van der Waals surface area contributed by atoms with Gasteiger partial charge in [0.05, 0.1) is 21.7 Å². The predicted molar refractivity (Wildman–Crippen MR) is 145 cm³/mol. The lowest BCUT2D eigenvalue weighted by Gasteiger charge is -2.23. The van der Waals surface area contributed by atoms with E-state index in [1.54, 1.807) is 48.7 Å². The Morgan fingerprint density at radius 1 is 1.05 bits per heavy atom. The number of hydrogen-bond acceptors (Lipinski definition) is 6. The Labute approximate surface area is 224 Å². The van der Waals surface area contributed by atoms with E-state index in [1.807, 2.05) is 0 Å². The highest BCUT2D eigenvalue weighted by Crippen LogP contribution is 2.32. The van der Waals surface area contributed by atoms with Gasteiger partial charge >= 0.3 is 0 Å². The molecule has 0 saturated heterocycles. The molecule has 0 bridgehead atoms. The molecule has 4 aromatic rings. The number of rotatable bonds is 9. The summed E-state index contributed by atoms with van der Waals surface area (Å²) in [5.74, 6) is -1.22. The number of anilines is 1. The summed E-state index contributed by atoms with van der Waals surface area (Å²) in [6.45, 7) is 2.80. The number of sulfonamides is 1. The maximum absolute atomic E-state index is 14.4. The van der Waals surface area contributed by atoms with Crippen molar-refractivity contribution in [3.05, 3.63) is 118 Å². The minimum absolute atomic E-state index is 0.139. The molecule has 3 aromatic carbocycles. The molecule has 0 radical (unpaired) electrons.